The predicted molar refractivity (Wildman–Crippen MR) is 78.4 cm³/mol. The molecule has 2 rings (SSSR count). The van der Waals surface area contributed by atoms with Gasteiger partial charge in [-0.25, -0.2) is 0 Å². The molecule has 0 aliphatic rings. The van der Waals surface area contributed by atoms with Crippen LogP contribution < -0.4 is 11.3 Å². The minimum absolute atomic E-state index is 0.0125. The van der Waals surface area contributed by atoms with Gasteiger partial charge in [0.15, 0.2) is 0 Å². The van der Waals surface area contributed by atoms with E-state index < -0.39 is 0 Å². The molecule has 0 saturated carbocycles. The molecule has 1 unspecified atom stereocenters. The summed E-state index contributed by atoms with van der Waals surface area (Å²) < 4.78 is 2.92. The molecule has 0 bridgehead atoms. The number of nitrogens with one attached hydrogen (secondary N) is 1. The third kappa shape index (κ3) is 3.02. The van der Waals surface area contributed by atoms with Crippen molar-refractivity contribution in [2.75, 3.05) is 0 Å². The van der Waals surface area contributed by atoms with Gasteiger partial charge in [-0.15, -0.1) is 0 Å². The summed E-state index contributed by atoms with van der Waals surface area (Å²) in [6.07, 6.45) is 4.43. The standard InChI is InChI=1S/C13H18BrN5/c1-8-4-10(7-16-6-8)11(17-15)5-12-13(14)9(2)18-19(12)3/h4,6-7,11,17H,5,15H2,1-3H3. The highest BCUT2D eigenvalue weighted by Crippen LogP contribution is 2.25. The van der Waals surface area contributed by atoms with E-state index in [9.17, 15) is 0 Å². The van der Waals surface area contributed by atoms with Crippen LogP contribution in [0.4, 0.5) is 0 Å². The van der Waals surface area contributed by atoms with E-state index in [0.717, 1.165) is 33.4 Å². The zero-order chi connectivity index (χ0) is 14.0. The van der Waals surface area contributed by atoms with Crippen LogP contribution in [0.3, 0.4) is 0 Å². The van der Waals surface area contributed by atoms with Crippen molar-refractivity contribution < 1.29 is 0 Å². The lowest BCUT2D eigenvalue weighted by molar-refractivity contribution is 0.527. The third-order valence-electron chi connectivity index (χ3n) is 3.16. The van der Waals surface area contributed by atoms with Gasteiger partial charge < -0.3 is 0 Å². The lowest BCUT2D eigenvalue weighted by atomic mass is 10.0. The van der Waals surface area contributed by atoms with Gasteiger partial charge >= 0.3 is 0 Å². The Balaban J connectivity index is 2.29. The molecule has 0 radical (unpaired) electrons. The second kappa shape index (κ2) is 5.81. The summed E-state index contributed by atoms with van der Waals surface area (Å²) in [6.45, 7) is 4.00. The highest BCUT2D eigenvalue weighted by Gasteiger charge is 2.17. The molecule has 6 heteroatoms. The molecule has 0 spiro atoms. The van der Waals surface area contributed by atoms with Crippen LogP contribution in [0.2, 0.25) is 0 Å². The van der Waals surface area contributed by atoms with Crippen molar-refractivity contribution in [3.05, 3.63) is 45.4 Å². The monoisotopic (exact) mass is 323 g/mol. The fourth-order valence-corrected chi connectivity index (χ4v) is 2.63. The molecule has 1 atom stereocenters. The Morgan fingerprint density at radius 2 is 2.16 bits per heavy atom. The first-order valence-corrected chi connectivity index (χ1v) is 6.88. The highest BCUT2D eigenvalue weighted by molar-refractivity contribution is 9.10. The summed E-state index contributed by atoms with van der Waals surface area (Å²) in [6, 6.07) is 2.10. The molecule has 0 aliphatic carbocycles. The molecule has 0 aromatic carbocycles. The van der Waals surface area contributed by atoms with Crippen molar-refractivity contribution in [1.29, 1.82) is 0 Å². The van der Waals surface area contributed by atoms with E-state index in [4.69, 9.17) is 5.84 Å². The first kappa shape index (κ1) is 14.2. The van der Waals surface area contributed by atoms with E-state index in [1.807, 2.05) is 38.0 Å². The van der Waals surface area contributed by atoms with Crippen molar-refractivity contribution in [2.45, 2.75) is 26.3 Å². The summed E-state index contributed by atoms with van der Waals surface area (Å²) in [4.78, 5) is 4.22. The first-order valence-electron chi connectivity index (χ1n) is 6.08. The Hall–Kier alpha value is -1.24. The Bertz CT molecular complexity index is 578. The maximum atomic E-state index is 5.69. The molecule has 0 fully saturated rings. The van der Waals surface area contributed by atoms with Crippen molar-refractivity contribution in [1.82, 2.24) is 20.2 Å². The van der Waals surface area contributed by atoms with Crippen LogP contribution in [0.15, 0.2) is 22.9 Å². The summed E-state index contributed by atoms with van der Waals surface area (Å²) in [7, 11) is 1.94. The van der Waals surface area contributed by atoms with Gasteiger partial charge in [-0.1, -0.05) is 6.07 Å². The summed E-state index contributed by atoms with van der Waals surface area (Å²) in [5.41, 5.74) is 7.15. The van der Waals surface area contributed by atoms with Crippen LogP contribution in [-0.2, 0) is 13.5 Å². The van der Waals surface area contributed by atoms with Gasteiger partial charge in [0.1, 0.15) is 0 Å². The number of aryl methyl sites for hydroxylation is 3. The van der Waals surface area contributed by atoms with Gasteiger partial charge in [-0.3, -0.25) is 20.9 Å². The smallest absolute Gasteiger partial charge is 0.0738 e. The van der Waals surface area contributed by atoms with Gasteiger partial charge in [-0.2, -0.15) is 5.10 Å². The second-order valence-electron chi connectivity index (χ2n) is 4.69. The van der Waals surface area contributed by atoms with E-state index in [0.29, 0.717) is 0 Å². The van der Waals surface area contributed by atoms with Crippen LogP contribution >= 0.6 is 15.9 Å². The predicted octanol–water partition coefficient (Wildman–Crippen LogP) is 1.94. The minimum atomic E-state index is 0.0125. The highest BCUT2D eigenvalue weighted by atomic mass is 79.9. The Morgan fingerprint density at radius 3 is 2.68 bits per heavy atom. The topological polar surface area (TPSA) is 68.8 Å². The Kier molecular flexibility index (Phi) is 4.34. The van der Waals surface area contributed by atoms with Gasteiger partial charge in [0.05, 0.1) is 21.9 Å². The summed E-state index contributed by atoms with van der Waals surface area (Å²) >= 11 is 3.58. The number of halogens is 1. The van der Waals surface area contributed by atoms with Gasteiger partial charge in [0.25, 0.3) is 0 Å². The average Bonchev–Trinajstić information content (AvgIpc) is 2.61. The van der Waals surface area contributed by atoms with E-state index in [-0.39, 0.29) is 6.04 Å². The third-order valence-corrected chi connectivity index (χ3v) is 4.19. The van der Waals surface area contributed by atoms with E-state index in [1.165, 1.54) is 0 Å². The van der Waals surface area contributed by atoms with Crippen LogP contribution in [0.25, 0.3) is 0 Å². The molecule has 0 amide bonds. The molecule has 3 N–H and O–H groups in total. The van der Waals surface area contributed by atoms with E-state index in [2.05, 4.69) is 37.5 Å². The quantitative estimate of drug-likeness (QED) is 0.666. The number of aromatic nitrogens is 3. The lowest BCUT2D eigenvalue weighted by Crippen LogP contribution is -2.30. The number of hydrogen-bond acceptors (Lipinski definition) is 4. The van der Waals surface area contributed by atoms with Crippen LogP contribution in [0.1, 0.15) is 28.6 Å². The summed E-state index contributed by atoms with van der Waals surface area (Å²) in [5, 5.41) is 4.39. The minimum Gasteiger partial charge on any atom is -0.271 e. The number of hydrogen-bond donors (Lipinski definition) is 2. The SMILES string of the molecule is Cc1cncc(C(Cc2c(Br)c(C)nn2C)NN)c1. The Labute approximate surface area is 121 Å². The van der Waals surface area contributed by atoms with E-state index in [1.54, 1.807) is 0 Å². The average molecular weight is 324 g/mol. The zero-order valence-corrected chi connectivity index (χ0v) is 12.9. The molecular formula is C13H18BrN5. The van der Waals surface area contributed by atoms with Gasteiger partial charge in [0.2, 0.25) is 0 Å². The number of nitrogens with zero attached hydrogens (tertiary/aromatic N) is 3. The number of nitrogens with two attached hydrogens (primary N) is 1. The normalized spacial score (nSPS) is 12.7. The molecule has 5 nitrogen and oxygen atoms in total. The molecule has 0 saturated heterocycles. The number of hydrazine groups is 1. The second-order valence-corrected chi connectivity index (χ2v) is 5.48. The molecule has 2 aromatic rings. The molecular weight excluding hydrogens is 306 g/mol. The largest absolute Gasteiger partial charge is 0.271 e. The number of pyridine rings is 1. The molecule has 102 valence electrons. The van der Waals surface area contributed by atoms with E-state index >= 15 is 0 Å². The van der Waals surface area contributed by atoms with Gasteiger partial charge in [0, 0.05) is 25.9 Å². The van der Waals surface area contributed by atoms with Crippen molar-refractivity contribution in [2.24, 2.45) is 12.9 Å². The lowest BCUT2D eigenvalue weighted by Gasteiger charge is -2.17. The van der Waals surface area contributed by atoms with Crippen LogP contribution in [0, 0.1) is 13.8 Å². The molecule has 19 heavy (non-hydrogen) atoms. The molecule has 0 aliphatic heterocycles. The summed E-state index contributed by atoms with van der Waals surface area (Å²) in [5.74, 6) is 5.69. The Morgan fingerprint density at radius 1 is 1.42 bits per heavy atom. The van der Waals surface area contributed by atoms with Crippen LogP contribution in [-0.4, -0.2) is 14.8 Å². The fourth-order valence-electron chi connectivity index (χ4n) is 2.14. The maximum absolute atomic E-state index is 5.69. The van der Waals surface area contributed by atoms with Crippen molar-refractivity contribution in [3.63, 3.8) is 0 Å². The van der Waals surface area contributed by atoms with Crippen molar-refractivity contribution in [3.8, 4) is 0 Å². The fraction of sp³-hybridized carbons (Fsp3) is 0.385. The van der Waals surface area contributed by atoms with Gasteiger partial charge in [-0.05, 0) is 40.9 Å². The first-order chi connectivity index (χ1) is 9.02. The van der Waals surface area contributed by atoms with Crippen LogP contribution in [0.5, 0.6) is 0 Å². The molecule has 2 aromatic heterocycles. The number of rotatable bonds is 4. The maximum Gasteiger partial charge on any atom is 0.0738 e. The van der Waals surface area contributed by atoms with Crippen molar-refractivity contribution >= 4 is 15.9 Å². The zero-order valence-electron chi connectivity index (χ0n) is 11.3. The molecule has 2 heterocycles.